The minimum absolute atomic E-state index is 0.0647. The Kier molecular flexibility index (Phi) is 4.84. The Morgan fingerprint density at radius 1 is 1.22 bits per heavy atom. The number of fused-ring (bicyclic) bond motifs is 2. The predicted octanol–water partition coefficient (Wildman–Crippen LogP) is 1.62. The Morgan fingerprint density at radius 2 is 1.93 bits per heavy atom. The molecule has 2 amide bonds. The molecule has 4 rings (SSSR count). The summed E-state index contributed by atoms with van der Waals surface area (Å²) in [5, 5.41) is 6.10. The van der Waals surface area contributed by atoms with Gasteiger partial charge in [0.1, 0.15) is 0 Å². The van der Waals surface area contributed by atoms with Crippen molar-refractivity contribution in [1.29, 1.82) is 0 Å². The standard InChI is InChI=1S/C21H30N4O2/c1-15(2)24-9-11-25(12-10-24)18-5-3-16(4-6-18)19(26)22-14-21-8-7-17(13-21)20(27)23-21/h3-6,15,17H,7-14H2,1-2H3,(H,22,26)(H,23,27). The summed E-state index contributed by atoms with van der Waals surface area (Å²) in [6, 6.07) is 8.49. The Morgan fingerprint density at radius 3 is 2.48 bits per heavy atom. The minimum atomic E-state index is -0.215. The number of hydrogen-bond acceptors (Lipinski definition) is 4. The Bertz CT molecular complexity index is 709. The zero-order valence-electron chi connectivity index (χ0n) is 16.3. The van der Waals surface area contributed by atoms with Crippen molar-refractivity contribution < 1.29 is 9.59 Å². The van der Waals surface area contributed by atoms with Crippen LogP contribution in [0, 0.1) is 5.92 Å². The third-order valence-corrected chi connectivity index (χ3v) is 6.49. The van der Waals surface area contributed by atoms with E-state index in [0.29, 0.717) is 18.2 Å². The molecule has 2 bridgehead atoms. The highest BCUT2D eigenvalue weighted by Gasteiger charge is 2.49. The van der Waals surface area contributed by atoms with Crippen molar-refractivity contribution in [2.75, 3.05) is 37.6 Å². The van der Waals surface area contributed by atoms with Gasteiger partial charge in [-0.3, -0.25) is 14.5 Å². The maximum atomic E-state index is 12.5. The predicted molar refractivity (Wildman–Crippen MR) is 106 cm³/mol. The van der Waals surface area contributed by atoms with Crippen molar-refractivity contribution >= 4 is 17.5 Å². The molecule has 2 aliphatic heterocycles. The van der Waals surface area contributed by atoms with Gasteiger partial charge in [0.2, 0.25) is 5.91 Å². The van der Waals surface area contributed by atoms with Gasteiger partial charge in [0, 0.05) is 55.9 Å². The molecule has 3 aliphatic rings. The van der Waals surface area contributed by atoms with Crippen LogP contribution in [0.1, 0.15) is 43.5 Å². The lowest BCUT2D eigenvalue weighted by Crippen LogP contribution is -2.51. The first-order chi connectivity index (χ1) is 13.0. The van der Waals surface area contributed by atoms with Gasteiger partial charge in [-0.05, 0) is 57.4 Å². The SMILES string of the molecule is CC(C)N1CCN(c2ccc(C(=O)NCC34CCC(C3)C(=O)N4)cc2)CC1. The van der Waals surface area contributed by atoms with Gasteiger partial charge in [-0.15, -0.1) is 0 Å². The van der Waals surface area contributed by atoms with Crippen LogP contribution in [-0.2, 0) is 4.79 Å². The third-order valence-electron chi connectivity index (χ3n) is 6.49. The van der Waals surface area contributed by atoms with Crippen molar-refractivity contribution in [3.05, 3.63) is 29.8 Å². The van der Waals surface area contributed by atoms with E-state index in [2.05, 4.69) is 34.3 Å². The molecule has 0 aromatic heterocycles. The summed E-state index contributed by atoms with van der Waals surface area (Å²) in [6.45, 7) is 9.20. The number of rotatable bonds is 5. The molecular formula is C21H30N4O2. The monoisotopic (exact) mass is 370 g/mol. The molecule has 1 aromatic rings. The molecule has 0 spiro atoms. The topological polar surface area (TPSA) is 64.7 Å². The Balaban J connectivity index is 1.31. The fourth-order valence-corrected chi connectivity index (χ4v) is 4.70. The summed E-state index contributed by atoms with van der Waals surface area (Å²) >= 11 is 0. The van der Waals surface area contributed by atoms with E-state index in [9.17, 15) is 9.59 Å². The molecule has 2 atom stereocenters. The van der Waals surface area contributed by atoms with Crippen molar-refractivity contribution in [2.24, 2.45) is 5.92 Å². The molecule has 1 aliphatic carbocycles. The Hall–Kier alpha value is -2.08. The van der Waals surface area contributed by atoms with Crippen molar-refractivity contribution in [3.63, 3.8) is 0 Å². The van der Waals surface area contributed by atoms with Crippen LogP contribution in [-0.4, -0.2) is 61.0 Å². The average Bonchev–Trinajstić information content (AvgIpc) is 3.24. The zero-order chi connectivity index (χ0) is 19.0. The lowest BCUT2D eigenvalue weighted by Gasteiger charge is -2.38. The summed E-state index contributed by atoms with van der Waals surface area (Å²) in [4.78, 5) is 29.2. The van der Waals surface area contributed by atoms with Gasteiger partial charge >= 0.3 is 0 Å². The fraction of sp³-hybridized carbons (Fsp3) is 0.619. The number of piperidine rings is 1. The largest absolute Gasteiger partial charge is 0.369 e. The first-order valence-electron chi connectivity index (χ1n) is 10.2. The third kappa shape index (κ3) is 3.68. The molecule has 6 nitrogen and oxygen atoms in total. The highest BCUT2D eigenvalue weighted by molar-refractivity contribution is 5.94. The van der Waals surface area contributed by atoms with Gasteiger partial charge in [0.15, 0.2) is 0 Å². The highest BCUT2D eigenvalue weighted by atomic mass is 16.2. The quantitative estimate of drug-likeness (QED) is 0.827. The van der Waals surface area contributed by atoms with Gasteiger partial charge in [0.05, 0.1) is 5.54 Å². The Labute approximate surface area is 161 Å². The van der Waals surface area contributed by atoms with E-state index in [1.807, 2.05) is 24.3 Å². The number of nitrogens with zero attached hydrogens (tertiary/aromatic N) is 2. The van der Waals surface area contributed by atoms with Crippen molar-refractivity contribution in [2.45, 2.75) is 44.7 Å². The van der Waals surface area contributed by atoms with Crippen LogP contribution in [0.2, 0.25) is 0 Å². The molecular weight excluding hydrogens is 340 g/mol. The second-order valence-electron chi connectivity index (χ2n) is 8.56. The van der Waals surface area contributed by atoms with E-state index in [4.69, 9.17) is 0 Å². The highest BCUT2D eigenvalue weighted by Crippen LogP contribution is 2.40. The molecule has 2 saturated heterocycles. The van der Waals surface area contributed by atoms with Crippen LogP contribution in [0.3, 0.4) is 0 Å². The van der Waals surface area contributed by atoms with Crippen molar-refractivity contribution in [3.8, 4) is 0 Å². The molecule has 0 radical (unpaired) electrons. The number of amides is 2. The van der Waals surface area contributed by atoms with Crippen LogP contribution < -0.4 is 15.5 Å². The maximum Gasteiger partial charge on any atom is 0.251 e. The van der Waals surface area contributed by atoms with E-state index < -0.39 is 0 Å². The number of anilines is 1. The lowest BCUT2D eigenvalue weighted by molar-refractivity contribution is -0.124. The molecule has 1 saturated carbocycles. The number of piperazine rings is 1. The first kappa shape index (κ1) is 18.3. The summed E-state index contributed by atoms with van der Waals surface area (Å²) in [7, 11) is 0. The molecule has 27 heavy (non-hydrogen) atoms. The molecule has 146 valence electrons. The lowest BCUT2D eigenvalue weighted by atomic mass is 9.99. The number of benzene rings is 1. The van der Waals surface area contributed by atoms with E-state index >= 15 is 0 Å². The van der Waals surface area contributed by atoms with E-state index in [0.717, 1.165) is 45.4 Å². The smallest absolute Gasteiger partial charge is 0.251 e. The van der Waals surface area contributed by atoms with Crippen LogP contribution in [0.5, 0.6) is 0 Å². The molecule has 1 aromatic carbocycles. The number of nitrogens with one attached hydrogen (secondary N) is 2. The van der Waals surface area contributed by atoms with Crippen LogP contribution in [0.15, 0.2) is 24.3 Å². The second-order valence-corrected chi connectivity index (χ2v) is 8.56. The summed E-state index contributed by atoms with van der Waals surface area (Å²) < 4.78 is 0. The van der Waals surface area contributed by atoms with Gasteiger partial charge < -0.3 is 15.5 Å². The van der Waals surface area contributed by atoms with Gasteiger partial charge in [0.25, 0.3) is 5.91 Å². The van der Waals surface area contributed by atoms with Gasteiger partial charge in [-0.1, -0.05) is 0 Å². The van der Waals surface area contributed by atoms with E-state index in [-0.39, 0.29) is 23.3 Å². The average molecular weight is 370 g/mol. The number of carbonyl (C=O) groups is 2. The summed E-state index contributed by atoms with van der Waals surface area (Å²) in [5.74, 6) is 0.236. The number of carbonyl (C=O) groups excluding carboxylic acids is 2. The molecule has 2 heterocycles. The van der Waals surface area contributed by atoms with Crippen LogP contribution >= 0.6 is 0 Å². The molecule has 6 heteroatoms. The fourth-order valence-electron chi connectivity index (χ4n) is 4.70. The maximum absolute atomic E-state index is 12.5. The van der Waals surface area contributed by atoms with Crippen molar-refractivity contribution in [1.82, 2.24) is 15.5 Å². The molecule has 2 N–H and O–H groups in total. The van der Waals surface area contributed by atoms with Gasteiger partial charge in [-0.2, -0.15) is 0 Å². The molecule has 3 fully saturated rings. The van der Waals surface area contributed by atoms with E-state index in [1.165, 1.54) is 5.69 Å². The number of hydrogen-bond donors (Lipinski definition) is 2. The molecule has 2 unspecified atom stereocenters. The first-order valence-corrected chi connectivity index (χ1v) is 10.2. The summed E-state index contributed by atoms with van der Waals surface area (Å²) in [5.41, 5.74) is 1.64. The van der Waals surface area contributed by atoms with Gasteiger partial charge in [-0.25, -0.2) is 0 Å². The normalized spacial score (nSPS) is 27.9. The van der Waals surface area contributed by atoms with Crippen LogP contribution in [0.25, 0.3) is 0 Å². The summed E-state index contributed by atoms with van der Waals surface area (Å²) in [6.07, 6.45) is 2.76. The van der Waals surface area contributed by atoms with E-state index in [1.54, 1.807) is 0 Å². The van der Waals surface area contributed by atoms with Crippen LogP contribution in [0.4, 0.5) is 5.69 Å². The second kappa shape index (κ2) is 7.15. The minimum Gasteiger partial charge on any atom is -0.369 e. The zero-order valence-corrected chi connectivity index (χ0v) is 16.3.